The molecule has 1 aliphatic rings. The fourth-order valence-electron chi connectivity index (χ4n) is 4.01. The van der Waals surface area contributed by atoms with Gasteiger partial charge in [0.1, 0.15) is 12.3 Å². The maximum atomic E-state index is 6.07. The summed E-state index contributed by atoms with van der Waals surface area (Å²) in [5.41, 5.74) is 6.76. The monoisotopic (exact) mass is 646 g/mol. The molecule has 1 aliphatic heterocycles. The Kier molecular flexibility index (Phi) is 9.31. The van der Waals surface area contributed by atoms with Crippen molar-refractivity contribution in [1.29, 1.82) is 0 Å². The van der Waals surface area contributed by atoms with Gasteiger partial charge in [0, 0.05) is 16.7 Å². The zero-order chi connectivity index (χ0) is 25.4. The van der Waals surface area contributed by atoms with Crippen molar-refractivity contribution < 1.29 is 15.6 Å². The standard InChI is InChI=1S/C30H26N2O.2BrH.Ni/c1-30(2)21-33-29(32-30)27(24-17-10-5-11-18-24)31-28-25(22-13-6-3-7-14-22)19-12-20-26(28)23-15-8-4-9-16-23;;;/h3-20H,21H2,1-2H3;2*1H;/q;;;+2/p-2. The SMILES string of the molecule is CC1(C)COC(C(=Nc2c(-c3ccccc3)cccc2-c2ccccc2)c2ccccc2)=N1.[Br][Ni][Br]. The molecule has 0 bridgehead atoms. The van der Waals surface area contributed by atoms with Crippen LogP contribution in [0.5, 0.6) is 0 Å². The first-order chi connectivity index (χ1) is 17.5. The summed E-state index contributed by atoms with van der Waals surface area (Å²) in [6.07, 6.45) is 0. The number of hydrogen-bond acceptors (Lipinski definition) is 3. The van der Waals surface area contributed by atoms with Gasteiger partial charge >= 0.3 is 39.3 Å². The summed E-state index contributed by atoms with van der Waals surface area (Å²) in [5, 5.41) is 0. The summed E-state index contributed by atoms with van der Waals surface area (Å²) in [4.78, 5) is 10.2. The Morgan fingerprint density at radius 2 is 1.22 bits per heavy atom. The second-order valence-corrected chi connectivity index (χ2v) is 13.8. The number of ether oxygens (including phenoxy) is 1. The van der Waals surface area contributed by atoms with Crippen LogP contribution in [0.3, 0.4) is 0 Å². The second-order valence-electron chi connectivity index (χ2n) is 8.82. The van der Waals surface area contributed by atoms with Gasteiger partial charge < -0.3 is 4.74 Å². The molecular weight excluding hydrogens is 623 g/mol. The van der Waals surface area contributed by atoms with Crippen LogP contribution in [0, 0.1) is 0 Å². The Balaban J connectivity index is 0.000000967. The number of nitrogens with zero attached hydrogens (tertiary/aromatic N) is 2. The first-order valence-electron chi connectivity index (χ1n) is 11.5. The first kappa shape index (κ1) is 26.5. The van der Waals surface area contributed by atoms with Crippen molar-refractivity contribution in [3.05, 3.63) is 115 Å². The van der Waals surface area contributed by atoms with Gasteiger partial charge in [-0.3, -0.25) is 0 Å². The molecule has 0 amide bonds. The van der Waals surface area contributed by atoms with Crippen molar-refractivity contribution in [3.63, 3.8) is 0 Å². The molecule has 4 aromatic carbocycles. The average Bonchev–Trinajstić information content (AvgIpc) is 3.28. The third-order valence-corrected chi connectivity index (χ3v) is 5.65. The van der Waals surface area contributed by atoms with Crippen molar-refractivity contribution >= 4 is 45.7 Å². The van der Waals surface area contributed by atoms with Crippen LogP contribution in [0.1, 0.15) is 19.4 Å². The van der Waals surface area contributed by atoms with E-state index in [1.807, 2.05) is 30.3 Å². The number of aliphatic imine (C=N–C) groups is 2. The van der Waals surface area contributed by atoms with Crippen molar-refractivity contribution in [1.82, 2.24) is 0 Å². The van der Waals surface area contributed by atoms with Crippen molar-refractivity contribution in [2.24, 2.45) is 9.98 Å². The predicted molar refractivity (Wildman–Crippen MR) is 155 cm³/mol. The second kappa shape index (κ2) is 12.6. The van der Waals surface area contributed by atoms with Gasteiger partial charge in [-0.1, -0.05) is 109 Å². The molecule has 0 radical (unpaired) electrons. The van der Waals surface area contributed by atoms with E-state index in [9.17, 15) is 0 Å². The Morgan fingerprint density at radius 1 is 0.750 bits per heavy atom. The summed E-state index contributed by atoms with van der Waals surface area (Å²) >= 11 is 6.00. The molecule has 4 aromatic rings. The molecule has 0 aliphatic carbocycles. The molecular formula is C30H26Br2N2NiO. The number of rotatable bonds is 5. The maximum absolute atomic E-state index is 6.07. The van der Waals surface area contributed by atoms with Gasteiger partial charge in [0.25, 0.3) is 0 Å². The van der Waals surface area contributed by atoms with E-state index in [0.29, 0.717) is 12.5 Å². The van der Waals surface area contributed by atoms with E-state index in [2.05, 4.69) is 121 Å². The van der Waals surface area contributed by atoms with E-state index in [-0.39, 0.29) is 5.54 Å². The molecule has 0 unspecified atom stereocenters. The van der Waals surface area contributed by atoms with Crippen molar-refractivity contribution in [2.45, 2.75) is 19.4 Å². The molecule has 36 heavy (non-hydrogen) atoms. The number of hydrogen-bond donors (Lipinski definition) is 0. The quantitative estimate of drug-likeness (QED) is 0.157. The van der Waals surface area contributed by atoms with E-state index in [1.54, 1.807) is 0 Å². The van der Waals surface area contributed by atoms with E-state index >= 15 is 0 Å². The molecule has 0 saturated carbocycles. The summed E-state index contributed by atoms with van der Waals surface area (Å²) in [6, 6.07) is 37.3. The summed E-state index contributed by atoms with van der Waals surface area (Å²) in [6.45, 7) is 4.70. The zero-order valence-electron chi connectivity index (χ0n) is 20.0. The van der Waals surface area contributed by atoms with Crippen LogP contribution in [0.4, 0.5) is 5.69 Å². The normalized spacial score (nSPS) is 14.4. The summed E-state index contributed by atoms with van der Waals surface area (Å²) < 4.78 is 6.07. The van der Waals surface area contributed by atoms with Gasteiger partial charge in [0.2, 0.25) is 5.90 Å². The topological polar surface area (TPSA) is 34.0 Å². The van der Waals surface area contributed by atoms with Crippen molar-refractivity contribution in [3.8, 4) is 22.3 Å². The fraction of sp³-hybridized carbons (Fsp3) is 0.133. The summed E-state index contributed by atoms with van der Waals surface area (Å²) in [7, 11) is 1.25. The van der Waals surface area contributed by atoms with Crippen LogP contribution in [0.15, 0.2) is 119 Å². The fourth-order valence-corrected chi connectivity index (χ4v) is 4.01. The van der Waals surface area contributed by atoms with Gasteiger partial charge in [-0.05, 0) is 25.0 Å². The third-order valence-electron chi connectivity index (χ3n) is 5.65. The molecule has 0 fully saturated rings. The molecule has 3 nitrogen and oxygen atoms in total. The summed E-state index contributed by atoms with van der Waals surface area (Å²) in [5.74, 6) is 0.591. The number of benzene rings is 4. The van der Waals surface area contributed by atoms with Gasteiger partial charge in [0.15, 0.2) is 0 Å². The van der Waals surface area contributed by atoms with Crippen LogP contribution in [0.2, 0.25) is 0 Å². The molecule has 0 atom stereocenters. The van der Waals surface area contributed by atoms with E-state index in [4.69, 9.17) is 14.7 Å². The Labute approximate surface area is 233 Å². The third kappa shape index (κ3) is 6.61. The predicted octanol–water partition coefficient (Wildman–Crippen LogP) is 9.04. The molecule has 0 aromatic heterocycles. The van der Waals surface area contributed by atoms with E-state index in [1.165, 1.54) is 10.9 Å². The molecule has 1 heterocycles. The Hall–Kier alpha value is -2.53. The molecule has 5 rings (SSSR count). The zero-order valence-corrected chi connectivity index (χ0v) is 24.1. The van der Waals surface area contributed by atoms with Gasteiger partial charge in [0.05, 0.1) is 11.2 Å². The van der Waals surface area contributed by atoms with Crippen LogP contribution in [-0.2, 0) is 15.6 Å². The van der Waals surface area contributed by atoms with Crippen LogP contribution < -0.4 is 0 Å². The minimum atomic E-state index is -0.272. The van der Waals surface area contributed by atoms with Crippen molar-refractivity contribution in [2.75, 3.05) is 6.61 Å². The molecule has 0 saturated heterocycles. The van der Waals surface area contributed by atoms with Crippen LogP contribution in [0.25, 0.3) is 22.3 Å². The van der Waals surface area contributed by atoms with Crippen LogP contribution in [-0.4, -0.2) is 23.8 Å². The Morgan fingerprint density at radius 3 is 1.67 bits per heavy atom. The van der Waals surface area contributed by atoms with Crippen LogP contribution >= 0.6 is 28.5 Å². The number of para-hydroxylation sites is 1. The van der Waals surface area contributed by atoms with E-state index in [0.717, 1.165) is 39.2 Å². The average molecular weight is 649 g/mol. The first-order valence-corrected chi connectivity index (χ1v) is 16.3. The molecule has 186 valence electrons. The van der Waals surface area contributed by atoms with Gasteiger partial charge in [-0.25, -0.2) is 9.98 Å². The van der Waals surface area contributed by atoms with Gasteiger partial charge in [-0.2, -0.15) is 0 Å². The molecule has 0 spiro atoms. The van der Waals surface area contributed by atoms with E-state index < -0.39 is 0 Å². The van der Waals surface area contributed by atoms with Gasteiger partial charge in [-0.15, -0.1) is 0 Å². The number of halogens is 2. The Bertz CT molecular complexity index is 1280. The molecule has 0 N–H and O–H groups in total. The minimum absolute atomic E-state index is 0.272. The molecule has 6 heteroatoms.